The van der Waals surface area contributed by atoms with Crippen LogP contribution in [0.1, 0.15) is 11.1 Å². The van der Waals surface area contributed by atoms with Gasteiger partial charge in [-0.1, -0.05) is 6.07 Å². The van der Waals surface area contributed by atoms with Crippen LogP contribution in [-0.2, 0) is 9.59 Å². The molecule has 144 valence electrons. The molecule has 0 unspecified atom stereocenters. The number of rotatable bonds is 8. The fourth-order valence-electron chi connectivity index (χ4n) is 2.34. The second-order valence-electron chi connectivity index (χ2n) is 5.95. The zero-order chi connectivity index (χ0) is 19.8. The number of aryl methyl sites for hydroxylation is 2. The van der Waals surface area contributed by atoms with E-state index in [2.05, 4.69) is 10.6 Å². The molecule has 0 bridgehead atoms. The van der Waals surface area contributed by atoms with Crippen molar-refractivity contribution in [2.45, 2.75) is 13.8 Å². The van der Waals surface area contributed by atoms with Crippen LogP contribution in [0.4, 0.5) is 11.4 Å². The van der Waals surface area contributed by atoms with Crippen molar-refractivity contribution in [2.75, 3.05) is 36.4 Å². The van der Waals surface area contributed by atoms with Gasteiger partial charge >= 0.3 is 0 Å². The lowest BCUT2D eigenvalue weighted by Gasteiger charge is -2.11. The molecule has 2 amide bonds. The zero-order valence-corrected chi connectivity index (χ0v) is 16.7. The SMILES string of the molecule is COc1ccc(NC(=O)CSCC(=O)Nc2ccc(C)c(C)c2)c(OC)c1. The monoisotopic (exact) mass is 388 g/mol. The number of ether oxygens (including phenoxy) is 2. The van der Waals surface area contributed by atoms with Crippen LogP contribution in [0, 0.1) is 13.8 Å². The summed E-state index contributed by atoms with van der Waals surface area (Å²) >= 11 is 1.25. The average molecular weight is 388 g/mol. The third kappa shape index (κ3) is 6.21. The second-order valence-corrected chi connectivity index (χ2v) is 6.94. The summed E-state index contributed by atoms with van der Waals surface area (Å²) in [6.45, 7) is 4.02. The Labute approximate surface area is 163 Å². The van der Waals surface area contributed by atoms with Crippen LogP contribution in [0.3, 0.4) is 0 Å². The molecule has 2 aromatic rings. The predicted octanol–water partition coefficient (Wildman–Crippen LogP) is 3.63. The van der Waals surface area contributed by atoms with Gasteiger partial charge in [-0.05, 0) is 49.2 Å². The summed E-state index contributed by atoms with van der Waals surface area (Å²) in [5.41, 5.74) is 3.61. The summed E-state index contributed by atoms with van der Waals surface area (Å²) in [4.78, 5) is 24.1. The van der Waals surface area contributed by atoms with Gasteiger partial charge in [-0.25, -0.2) is 0 Å². The fourth-order valence-corrected chi connectivity index (χ4v) is 2.96. The minimum Gasteiger partial charge on any atom is -0.497 e. The van der Waals surface area contributed by atoms with Crippen molar-refractivity contribution in [2.24, 2.45) is 0 Å². The van der Waals surface area contributed by atoms with Crippen molar-refractivity contribution in [3.05, 3.63) is 47.5 Å². The number of carbonyl (C=O) groups excluding carboxylic acids is 2. The standard InChI is InChI=1S/C20H24N2O4S/c1-13-5-6-15(9-14(13)2)21-19(23)11-27-12-20(24)22-17-8-7-16(25-3)10-18(17)26-4/h5-10H,11-12H2,1-4H3,(H,21,23)(H,22,24). The molecule has 0 saturated heterocycles. The summed E-state index contributed by atoms with van der Waals surface area (Å²) in [6.07, 6.45) is 0. The number of hydrogen-bond donors (Lipinski definition) is 2. The van der Waals surface area contributed by atoms with Crippen LogP contribution in [0.15, 0.2) is 36.4 Å². The Hall–Kier alpha value is -2.67. The summed E-state index contributed by atoms with van der Waals surface area (Å²) in [5.74, 6) is 1.17. The van der Waals surface area contributed by atoms with Gasteiger partial charge in [0, 0.05) is 11.8 Å². The third-order valence-corrected chi connectivity index (χ3v) is 4.87. The Morgan fingerprint density at radius 2 is 1.59 bits per heavy atom. The van der Waals surface area contributed by atoms with Crippen LogP contribution in [-0.4, -0.2) is 37.5 Å². The molecule has 0 atom stereocenters. The van der Waals surface area contributed by atoms with Gasteiger partial charge in [-0.3, -0.25) is 9.59 Å². The maximum Gasteiger partial charge on any atom is 0.234 e. The first-order valence-corrected chi connectivity index (χ1v) is 9.55. The van der Waals surface area contributed by atoms with Crippen molar-refractivity contribution in [3.63, 3.8) is 0 Å². The van der Waals surface area contributed by atoms with E-state index < -0.39 is 0 Å². The molecule has 2 N–H and O–H groups in total. The molecule has 0 heterocycles. The molecule has 0 aliphatic heterocycles. The van der Waals surface area contributed by atoms with E-state index in [-0.39, 0.29) is 23.3 Å². The lowest BCUT2D eigenvalue weighted by atomic mass is 10.1. The Morgan fingerprint density at radius 3 is 2.22 bits per heavy atom. The number of hydrogen-bond acceptors (Lipinski definition) is 5. The van der Waals surface area contributed by atoms with E-state index in [1.165, 1.54) is 24.4 Å². The van der Waals surface area contributed by atoms with Crippen molar-refractivity contribution in [1.82, 2.24) is 0 Å². The molecule has 0 saturated carbocycles. The number of benzene rings is 2. The van der Waals surface area contributed by atoms with Gasteiger partial charge in [0.05, 0.1) is 31.4 Å². The highest BCUT2D eigenvalue weighted by Crippen LogP contribution is 2.29. The molecule has 27 heavy (non-hydrogen) atoms. The normalized spacial score (nSPS) is 10.2. The maximum absolute atomic E-state index is 12.1. The predicted molar refractivity (Wildman–Crippen MR) is 110 cm³/mol. The van der Waals surface area contributed by atoms with Gasteiger partial charge in [0.1, 0.15) is 11.5 Å². The summed E-state index contributed by atoms with van der Waals surface area (Å²) in [6, 6.07) is 10.9. The Morgan fingerprint density at radius 1 is 0.889 bits per heavy atom. The van der Waals surface area contributed by atoms with Crippen LogP contribution in [0.2, 0.25) is 0 Å². The smallest absolute Gasteiger partial charge is 0.234 e. The molecule has 2 aromatic carbocycles. The highest BCUT2D eigenvalue weighted by molar-refractivity contribution is 8.00. The molecule has 0 aliphatic rings. The molecule has 0 fully saturated rings. The Bertz CT molecular complexity index is 824. The quantitative estimate of drug-likeness (QED) is 0.722. The molecule has 2 rings (SSSR count). The summed E-state index contributed by atoms with van der Waals surface area (Å²) in [7, 11) is 3.09. The number of amides is 2. The van der Waals surface area contributed by atoms with Crippen LogP contribution < -0.4 is 20.1 Å². The topological polar surface area (TPSA) is 76.7 Å². The minimum atomic E-state index is -0.206. The molecule has 0 aliphatic carbocycles. The molecule has 6 nitrogen and oxygen atoms in total. The number of nitrogens with one attached hydrogen (secondary N) is 2. The number of anilines is 2. The molecular formula is C20H24N2O4S. The summed E-state index contributed by atoms with van der Waals surface area (Å²) in [5, 5.41) is 5.62. The van der Waals surface area contributed by atoms with E-state index in [0.717, 1.165) is 11.3 Å². The Balaban J connectivity index is 1.80. The fraction of sp³-hybridized carbons (Fsp3) is 0.300. The van der Waals surface area contributed by atoms with Crippen molar-refractivity contribution >= 4 is 35.0 Å². The second kappa shape index (κ2) is 9.87. The van der Waals surface area contributed by atoms with E-state index in [1.54, 1.807) is 25.3 Å². The number of carbonyl (C=O) groups is 2. The maximum atomic E-state index is 12.1. The van der Waals surface area contributed by atoms with Gasteiger partial charge in [0.15, 0.2) is 0 Å². The van der Waals surface area contributed by atoms with E-state index >= 15 is 0 Å². The third-order valence-electron chi connectivity index (χ3n) is 3.94. The van der Waals surface area contributed by atoms with E-state index in [0.29, 0.717) is 17.2 Å². The van der Waals surface area contributed by atoms with Gasteiger partial charge in [-0.15, -0.1) is 11.8 Å². The Kier molecular flexibility index (Phi) is 7.55. The molecule has 0 aromatic heterocycles. The number of thioether (sulfide) groups is 1. The number of methoxy groups -OCH3 is 2. The average Bonchev–Trinajstić information content (AvgIpc) is 2.65. The highest BCUT2D eigenvalue weighted by atomic mass is 32.2. The summed E-state index contributed by atoms with van der Waals surface area (Å²) < 4.78 is 10.4. The lowest BCUT2D eigenvalue weighted by Crippen LogP contribution is -2.18. The van der Waals surface area contributed by atoms with Crippen LogP contribution >= 0.6 is 11.8 Å². The lowest BCUT2D eigenvalue weighted by molar-refractivity contribution is -0.114. The van der Waals surface area contributed by atoms with Crippen molar-refractivity contribution in [3.8, 4) is 11.5 Å². The van der Waals surface area contributed by atoms with Crippen LogP contribution in [0.25, 0.3) is 0 Å². The first-order chi connectivity index (χ1) is 12.9. The van der Waals surface area contributed by atoms with E-state index in [4.69, 9.17) is 9.47 Å². The van der Waals surface area contributed by atoms with Crippen LogP contribution in [0.5, 0.6) is 11.5 Å². The van der Waals surface area contributed by atoms with Gasteiger partial charge in [-0.2, -0.15) is 0 Å². The molecule has 0 radical (unpaired) electrons. The highest BCUT2D eigenvalue weighted by Gasteiger charge is 2.10. The van der Waals surface area contributed by atoms with E-state index in [9.17, 15) is 9.59 Å². The molecular weight excluding hydrogens is 364 g/mol. The molecule has 0 spiro atoms. The van der Waals surface area contributed by atoms with Crippen molar-refractivity contribution < 1.29 is 19.1 Å². The van der Waals surface area contributed by atoms with E-state index in [1.807, 2.05) is 32.0 Å². The largest absolute Gasteiger partial charge is 0.497 e. The van der Waals surface area contributed by atoms with Gasteiger partial charge in [0.25, 0.3) is 0 Å². The zero-order valence-electron chi connectivity index (χ0n) is 15.9. The van der Waals surface area contributed by atoms with Crippen molar-refractivity contribution in [1.29, 1.82) is 0 Å². The molecule has 7 heteroatoms. The first kappa shape index (κ1) is 20.6. The first-order valence-electron chi connectivity index (χ1n) is 8.39. The van der Waals surface area contributed by atoms with Gasteiger partial charge < -0.3 is 20.1 Å². The van der Waals surface area contributed by atoms with Gasteiger partial charge in [0.2, 0.25) is 11.8 Å². The minimum absolute atomic E-state index is 0.141.